The standard InChI is InChI=1S/C25H31N3O4.2ClH/c1-17-13-28(16-20(29)15-27-9-8-18-4-2-3-5-19(18)14-27)25(30)23-7-6-21(10-24(23)31-17)32-22-11-26-12-22;;/h2-7,10,17,20,22,26,29H,8-9,11-16H2,1H3;2*1H/t17?,20-;;/m1../s1. The first kappa shape index (κ1) is 26.6. The van der Waals surface area contributed by atoms with E-state index >= 15 is 0 Å². The van der Waals surface area contributed by atoms with E-state index in [1.54, 1.807) is 11.0 Å². The van der Waals surface area contributed by atoms with Crippen LogP contribution in [-0.4, -0.2) is 78.4 Å². The van der Waals surface area contributed by atoms with Crippen LogP contribution in [0.15, 0.2) is 42.5 Å². The van der Waals surface area contributed by atoms with Crippen molar-refractivity contribution in [2.45, 2.75) is 38.2 Å². The van der Waals surface area contributed by atoms with Gasteiger partial charge >= 0.3 is 0 Å². The Morgan fingerprint density at radius 3 is 2.65 bits per heavy atom. The van der Waals surface area contributed by atoms with E-state index in [2.05, 4.69) is 34.5 Å². The Hall–Kier alpha value is -2.03. The lowest BCUT2D eigenvalue weighted by molar-refractivity contribution is 0.0454. The highest BCUT2D eigenvalue weighted by atomic mass is 35.5. The summed E-state index contributed by atoms with van der Waals surface area (Å²) in [4.78, 5) is 17.2. The van der Waals surface area contributed by atoms with Gasteiger partial charge < -0.3 is 24.8 Å². The minimum absolute atomic E-state index is 0. The molecule has 0 aromatic heterocycles. The largest absolute Gasteiger partial charge is 0.488 e. The fourth-order valence-corrected chi connectivity index (χ4v) is 4.68. The predicted molar refractivity (Wildman–Crippen MR) is 136 cm³/mol. The minimum atomic E-state index is -0.619. The molecule has 2 N–H and O–H groups in total. The van der Waals surface area contributed by atoms with E-state index in [1.807, 2.05) is 19.1 Å². The van der Waals surface area contributed by atoms with Crippen molar-refractivity contribution >= 4 is 30.7 Å². The molecule has 0 radical (unpaired) electrons. The van der Waals surface area contributed by atoms with E-state index in [9.17, 15) is 9.90 Å². The van der Waals surface area contributed by atoms with Crippen molar-refractivity contribution in [3.05, 3.63) is 59.2 Å². The number of rotatable bonds is 6. The summed E-state index contributed by atoms with van der Waals surface area (Å²) in [7, 11) is 0. The van der Waals surface area contributed by atoms with Crippen molar-refractivity contribution in [1.29, 1.82) is 0 Å². The topological polar surface area (TPSA) is 74.3 Å². The van der Waals surface area contributed by atoms with Crippen LogP contribution in [-0.2, 0) is 13.0 Å². The number of carbonyl (C=O) groups excluding carboxylic acids is 1. The number of aliphatic hydroxyl groups excluding tert-OH is 1. The minimum Gasteiger partial charge on any atom is -0.488 e. The van der Waals surface area contributed by atoms with E-state index in [0.29, 0.717) is 30.2 Å². The number of β-amino-alcohol motifs (C(OH)–C–C–N with tert-alkyl or cyclic N) is 1. The van der Waals surface area contributed by atoms with Crippen LogP contribution in [0.1, 0.15) is 28.4 Å². The highest BCUT2D eigenvalue weighted by Crippen LogP contribution is 2.30. The molecule has 2 aromatic carbocycles. The molecule has 2 aromatic rings. The van der Waals surface area contributed by atoms with E-state index in [1.165, 1.54) is 11.1 Å². The third kappa shape index (κ3) is 5.96. The normalized spacial score (nSPS) is 20.9. The van der Waals surface area contributed by atoms with Crippen molar-refractivity contribution in [2.75, 3.05) is 39.3 Å². The van der Waals surface area contributed by atoms with E-state index < -0.39 is 6.10 Å². The van der Waals surface area contributed by atoms with Gasteiger partial charge in [0, 0.05) is 45.3 Å². The van der Waals surface area contributed by atoms with Crippen LogP contribution in [0.25, 0.3) is 0 Å². The molecule has 2 atom stereocenters. The van der Waals surface area contributed by atoms with E-state index in [0.717, 1.165) is 32.6 Å². The first-order chi connectivity index (χ1) is 15.5. The lowest BCUT2D eigenvalue weighted by Gasteiger charge is -2.32. The summed E-state index contributed by atoms with van der Waals surface area (Å²) in [5.74, 6) is 1.16. The summed E-state index contributed by atoms with van der Waals surface area (Å²) in [6.07, 6.45) is 0.368. The van der Waals surface area contributed by atoms with Crippen LogP contribution in [0.3, 0.4) is 0 Å². The molecule has 0 bridgehead atoms. The summed E-state index contributed by atoms with van der Waals surface area (Å²) in [6, 6.07) is 13.9. The number of halogens is 2. The number of nitrogens with one attached hydrogen (secondary N) is 1. The number of hydrogen-bond donors (Lipinski definition) is 2. The molecule has 3 aliphatic rings. The fourth-order valence-electron chi connectivity index (χ4n) is 4.68. The van der Waals surface area contributed by atoms with Gasteiger partial charge in [-0.15, -0.1) is 24.8 Å². The van der Waals surface area contributed by atoms with Crippen LogP contribution in [0.4, 0.5) is 0 Å². The number of ether oxygens (including phenoxy) is 2. The SMILES string of the molecule is CC1CN(C[C@H](O)CN2CCc3ccccc3C2)C(=O)c2ccc(OC3CNC3)cc2O1.Cl.Cl. The van der Waals surface area contributed by atoms with Crippen molar-refractivity contribution in [2.24, 2.45) is 0 Å². The summed E-state index contributed by atoms with van der Waals surface area (Å²) in [5.41, 5.74) is 3.23. The molecule has 0 aliphatic carbocycles. The van der Waals surface area contributed by atoms with Gasteiger partial charge in [-0.1, -0.05) is 24.3 Å². The van der Waals surface area contributed by atoms with Gasteiger partial charge in [0.05, 0.1) is 18.2 Å². The van der Waals surface area contributed by atoms with E-state index in [4.69, 9.17) is 9.47 Å². The Balaban J connectivity index is 0.00000162. The average molecular weight is 510 g/mol. The Bertz CT molecular complexity index is 988. The molecule has 7 nitrogen and oxygen atoms in total. The molecule has 1 amide bonds. The number of hydrogen-bond acceptors (Lipinski definition) is 6. The molecule has 34 heavy (non-hydrogen) atoms. The Morgan fingerprint density at radius 2 is 1.91 bits per heavy atom. The van der Waals surface area contributed by atoms with Crippen molar-refractivity contribution in [3.63, 3.8) is 0 Å². The van der Waals surface area contributed by atoms with Gasteiger partial charge in [0.25, 0.3) is 5.91 Å². The number of amides is 1. The molecule has 5 rings (SSSR count). The van der Waals surface area contributed by atoms with Gasteiger partial charge in [0.2, 0.25) is 0 Å². The van der Waals surface area contributed by atoms with Crippen molar-refractivity contribution < 1.29 is 19.4 Å². The molecule has 1 fully saturated rings. The zero-order valence-corrected chi connectivity index (χ0v) is 20.9. The second kappa shape index (κ2) is 11.6. The van der Waals surface area contributed by atoms with Crippen LogP contribution >= 0.6 is 24.8 Å². The smallest absolute Gasteiger partial charge is 0.257 e. The third-order valence-corrected chi connectivity index (χ3v) is 6.43. The molecule has 3 aliphatic heterocycles. The first-order valence-electron chi connectivity index (χ1n) is 11.5. The molecule has 3 heterocycles. The van der Waals surface area contributed by atoms with Crippen molar-refractivity contribution in [3.8, 4) is 11.5 Å². The van der Waals surface area contributed by atoms with Crippen LogP contribution in [0, 0.1) is 0 Å². The van der Waals surface area contributed by atoms with Gasteiger partial charge in [0.15, 0.2) is 0 Å². The molecule has 0 spiro atoms. The number of benzene rings is 2. The van der Waals surface area contributed by atoms with Gasteiger partial charge in [-0.3, -0.25) is 9.69 Å². The maximum absolute atomic E-state index is 13.2. The van der Waals surface area contributed by atoms with Crippen LogP contribution in [0.2, 0.25) is 0 Å². The number of aliphatic hydroxyl groups is 1. The summed E-state index contributed by atoms with van der Waals surface area (Å²) < 4.78 is 12.0. The molecule has 186 valence electrons. The predicted octanol–water partition coefficient (Wildman–Crippen LogP) is 2.52. The highest BCUT2D eigenvalue weighted by molar-refractivity contribution is 5.97. The first-order valence-corrected chi connectivity index (χ1v) is 11.5. The van der Waals surface area contributed by atoms with E-state index in [-0.39, 0.29) is 49.5 Å². The second-order valence-electron chi connectivity index (χ2n) is 9.10. The fraction of sp³-hybridized carbons (Fsp3) is 0.480. The second-order valence-corrected chi connectivity index (χ2v) is 9.10. The Kier molecular flexibility index (Phi) is 9.07. The molecule has 0 saturated carbocycles. The monoisotopic (exact) mass is 509 g/mol. The Labute approximate surface area is 213 Å². The summed E-state index contributed by atoms with van der Waals surface area (Å²) >= 11 is 0. The number of carbonyl (C=O) groups is 1. The van der Waals surface area contributed by atoms with Crippen molar-refractivity contribution in [1.82, 2.24) is 15.1 Å². The van der Waals surface area contributed by atoms with Gasteiger partial charge in [0.1, 0.15) is 23.7 Å². The maximum Gasteiger partial charge on any atom is 0.257 e. The lowest BCUT2D eigenvalue weighted by Crippen LogP contribution is -2.50. The highest BCUT2D eigenvalue weighted by Gasteiger charge is 2.30. The van der Waals surface area contributed by atoms with Crippen LogP contribution in [0.5, 0.6) is 11.5 Å². The third-order valence-electron chi connectivity index (χ3n) is 6.43. The molecular weight excluding hydrogens is 477 g/mol. The van der Waals surface area contributed by atoms with Gasteiger partial charge in [-0.25, -0.2) is 0 Å². The zero-order chi connectivity index (χ0) is 22.1. The number of nitrogens with zero attached hydrogens (tertiary/aromatic N) is 2. The average Bonchev–Trinajstić information content (AvgIpc) is 2.86. The zero-order valence-electron chi connectivity index (χ0n) is 19.3. The molecule has 1 unspecified atom stereocenters. The maximum atomic E-state index is 13.2. The molecule has 1 saturated heterocycles. The molecular formula is C25H33Cl2N3O4. The quantitative estimate of drug-likeness (QED) is 0.623. The van der Waals surface area contributed by atoms with Gasteiger partial charge in [-0.2, -0.15) is 0 Å². The Morgan fingerprint density at radius 1 is 1.15 bits per heavy atom. The summed E-state index contributed by atoms with van der Waals surface area (Å²) in [6.45, 7) is 6.65. The summed E-state index contributed by atoms with van der Waals surface area (Å²) in [5, 5.41) is 14.0. The lowest BCUT2D eigenvalue weighted by atomic mass is 10.00. The van der Waals surface area contributed by atoms with Crippen LogP contribution < -0.4 is 14.8 Å². The number of fused-ring (bicyclic) bond motifs is 2. The molecule has 9 heteroatoms. The van der Waals surface area contributed by atoms with Gasteiger partial charge in [-0.05, 0) is 36.6 Å².